The number of morpholine rings is 1. The Morgan fingerprint density at radius 3 is 3.05 bits per heavy atom. The highest BCUT2D eigenvalue weighted by atomic mass is 35.5. The van der Waals surface area contributed by atoms with E-state index in [2.05, 4.69) is 16.0 Å². The van der Waals surface area contributed by atoms with E-state index in [9.17, 15) is 9.59 Å². The van der Waals surface area contributed by atoms with Crippen molar-refractivity contribution in [3.8, 4) is 5.75 Å². The van der Waals surface area contributed by atoms with Crippen LogP contribution in [-0.2, 0) is 14.3 Å². The molecule has 1 aromatic rings. The molecule has 2 aliphatic heterocycles. The Hall–Kier alpha value is -1.83. The number of amides is 2. The van der Waals surface area contributed by atoms with Crippen LogP contribution in [0.15, 0.2) is 12.1 Å². The number of ether oxygens (including phenoxy) is 2. The summed E-state index contributed by atoms with van der Waals surface area (Å²) in [6.45, 7) is 1.49. The van der Waals surface area contributed by atoms with Gasteiger partial charge < -0.3 is 25.4 Å². The molecule has 0 bridgehead atoms. The summed E-state index contributed by atoms with van der Waals surface area (Å²) in [6, 6.07) is 2.74. The summed E-state index contributed by atoms with van der Waals surface area (Å²) < 4.78 is 10.5. The van der Waals surface area contributed by atoms with Crippen molar-refractivity contribution in [1.82, 2.24) is 5.32 Å². The van der Waals surface area contributed by atoms with Gasteiger partial charge in [-0.1, -0.05) is 11.6 Å². The van der Waals surface area contributed by atoms with Crippen molar-refractivity contribution < 1.29 is 19.1 Å². The summed E-state index contributed by atoms with van der Waals surface area (Å²) in [5.41, 5.74) is 0.928. The highest BCUT2D eigenvalue weighted by Crippen LogP contribution is 2.36. The number of carbonyl (C=O) groups is 2. The molecule has 0 aromatic heterocycles. The Labute approximate surface area is 125 Å². The van der Waals surface area contributed by atoms with Crippen LogP contribution < -0.4 is 20.7 Å². The lowest BCUT2D eigenvalue weighted by Crippen LogP contribution is -2.48. The Balaban J connectivity index is 1.76. The number of nitrogens with one attached hydrogen (secondary N) is 3. The molecule has 0 aliphatic carbocycles. The first-order valence-electron chi connectivity index (χ1n) is 6.51. The normalized spacial score (nSPS) is 21.0. The van der Waals surface area contributed by atoms with Gasteiger partial charge in [-0.15, -0.1) is 0 Å². The van der Waals surface area contributed by atoms with Gasteiger partial charge in [-0.25, -0.2) is 0 Å². The lowest BCUT2D eigenvalue weighted by molar-refractivity contribution is -0.121. The van der Waals surface area contributed by atoms with Gasteiger partial charge in [0.05, 0.1) is 29.6 Å². The molecule has 0 radical (unpaired) electrons. The van der Waals surface area contributed by atoms with Crippen LogP contribution in [0.3, 0.4) is 0 Å². The van der Waals surface area contributed by atoms with Gasteiger partial charge in [0.2, 0.25) is 5.91 Å². The topological polar surface area (TPSA) is 88.7 Å². The number of anilines is 2. The summed E-state index contributed by atoms with van der Waals surface area (Å²) >= 11 is 6.12. The summed E-state index contributed by atoms with van der Waals surface area (Å²) in [7, 11) is 0. The summed E-state index contributed by atoms with van der Waals surface area (Å²) in [5.74, 6) is 0.0115. The minimum Gasteiger partial charge on any atom is -0.482 e. The maximum absolute atomic E-state index is 12.1. The Morgan fingerprint density at radius 1 is 1.43 bits per heavy atom. The van der Waals surface area contributed by atoms with Crippen LogP contribution in [0.4, 0.5) is 11.4 Å². The van der Waals surface area contributed by atoms with Crippen molar-refractivity contribution in [3.05, 3.63) is 17.2 Å². The summed E-state index contributed by atoms with van der Waals surface area (Å²) in [5, 5.41) is 8.77. The van der Waals surface area contributed by atoms with Crippen molar-refractivity contribution in [2.24, 2.45) is 0 Å². The molecular weight excluding hydrogens is 298 g/mol. The molecule has 2 amide bonds. The van der Waals surface area contributed by atoms with E-state index in [1.807, 2.05) is 0 Å². The predicted molar refractivity (Wildman–Crippen MR) is 76.8 cm³/mol. The maximum atomic E-state index is 12.1. The molecule has 21 heavy (non-hydrogen) atoms. The molecule has 0 spiro atoms. The van der Waals surface area contributed by atoms with Crippen molar-refractivity contribution >= 4 is 34.8 Å². The van der Waals surface area contributed by atoms with Crippen molar-refractivity contribution in [1.29, 1.82) is 0 Å². The third kappa shape index (κ3) is 3.10. The van der Waals surface area contributed by atoms with Crippen LogP contribution in [0.2, 0.25) is 5.02 Å². The number of carbonyl (C=O) groups excluding carboxylic acids is 2. The minimum atomic E-state index is -0.411. The lowest BCUT2D eigenvalue weighted by atomic mass is 10.2. The third-order valence-electron chi connectivity index (χ3n) is 3.20. The Kier molecular flexibility index (Phi) is 3.96. The molecule has 3 rings (SSSR count). The van der Waals surface area contributed by atoms with Gasteiger partial charge in [0, 0.05) is 12.6 Å². The molecule has 0 saturated carbocycles. The highest BCUT2D eigenvalue weighted by Gasteiger charge is 2.23. The van der Waals surface area contributed by atoms with E-state index in [4.69, 9.17) is 21.1 Å². The van der Waals surface area contributed by atoms with Gasteiger partial charge >= 0.3 is 0 Å². The quantitative estimate of drug-likeness (QED) is 0.744. The highest BCUT2D eigenvalue weighted by molar-refractivity contribution is 6.34. The van der Waals surface area contributed by atoms with E-state index in [0.29, 0.717) is 41.9 Å². The van der Waals surface area contributed by atoms with E-state index in [1.54, 1.807) is 12.1 Å². The first kappa shape index (κ1) is 14.1. The fourth-order valence-corrected chi connectivity index (χ4v) is 2.36. The van der Waals surface area contributed by atoms with Gasteiger partial charge in [-0.2, -0.15) is 0 Å². The van der Waals surface area contributed by atoms with Gasteiger partial charge in [-0.05, 0) is 6.07 Å². The molecule has 1 unspecified atom stereocenters. The average molecular weight is 312 g/mol. The van der Waals surface area contributed by atoms with Crippen LogP contribution in [0.5, 0.6) is 5.75 Å². The first-order valence-corrected chi connectivity index (χ1v) is 6.89. The molecule has 7 nitrogen and oxygen atoms in total. The second-order valence-electron chi connectivity index (χ2n) is 4.74. The van der Waals surface area contributed by atoms with E-state index in [0.717, 1.165) is 0 Å². The molecule has 8 heteroatoms. The second kappa shape index (κ2) is 5.88. The average Bonchev–Trinajstić information content (AvgIpc) is 2.49. The smallest absolute Gasteiger partial charge is 0.262 e. The molecule has 1 atom stereocenters. The van der Waals surface area contributed by atoms with Crippen LogP contribution in [0.25, 0.3) is 0 Å². The molecule has 112 valence electrons. The number of fused-ring (bicyclic) bond motifs is 1. The fourth-order valence-electron chi connectivity index (χ4n) is 2.15. The van der Waals surface area contributed by atoms with Crippen molar-refractivity contribution in [2.75, 3.05) is 37.0 Å². The third-order valence-corrected chi connectivity index (χ3v) is 3.51. The van der Waals surface area contributed by atoms with E-state index in [1.165, 1.54) is 0 Å². The number of halogens is 1. The van der Waals surface area contributed by atoms with Gasteiger partial charge in [0.1, 0.15) is 11.8 Å². The number of benzene rings is 1. The van der Waals surface area contributed by atoms with Crippen LogP contribution in [-0.4, -0.2) is 44.2 Å². The van der Waals surface area contributed by atoms with Crippen molar-refractivity contribution in [3.63, 3.8) is 0 Å². The van der Waals surface area contributed by atoms with Gasteiger partial charge in [0.15, 0.2) is 6.61 Å². The van der Waals surface area contributed by atoms with E-state index in [-0.39, 0.29) is 18.4 Å². The number of hydrogen-bond donors (Lipinski definition) is 3. The zero-order valence-electron chi connectivity index (χ0n) is 11.1. The van der Waals surface area contributed by atoms with Crippen LogP contribution in [0.1, 0.15) is 0 Å². The van der Waals surface area contributed by atoms with Crippen LogP contribution >= 0.6 is 11.6 Å². The molecule has 1 aromatic carbocycles. The molecule has 1 fully saturated rings. The number of hydrogen-bond acceptors (Lipinski definition) is 5. The molecule has 3 N–H and O–H groups in total. The molecular formula is C13H14ClN3O4. The monoisotopic (exact) mass is 311 g/mol. The molecule has 1 saturated heterocycles. The number of rotatable bonds is 2. The first-order chi connectivity index (χ1) is 10.1. The zero-order valence-corrected chi connectivity index (χ0v) is 11.8. The summed E-state index contributed by atoms with van der Waals surface area (Å²) in [4.78, 5) is 23.4. The fraction of sp³-hybridized carbons (Fsp3) is 0.385. The largest absolute Gasteiger partial charge is 0.482 e. The standard InChI is InChI=1S/C13H14ClN3O4/c14-7-3-9-11(21-6-12(18)16-9)4-8(7)17-13(19)10-5-20-2-1-15-10/h3-4,10,15H,1-2,5-6H2,(H,16,18)(H,17,19). The second-order valence-corrected chi connectivity index (χ2v) is 5.14. The Bertz CT molecular complexity index is 587. The van der Waals surface area contributed by atoms with Crippen LogP contribution in [0, 0.1) is 0 Å². The Morgan fingerprint density at radius 2 is 2.29 bits per heavy atom. The molecule has 2 aliphatic rings. The van der Waals surface area contributed by atoms with Crippen molar-refractivity contribution in [2.45, 2.75) is 6.04 Å². The van der Waals surface area contributed by atoms with E-state index >= 15 is 0 Å². The van der Waals surface area contributed by atoms with E-state index < -0.39 is 6.04 Å². The SMILES string of the molecule is O=C1COc2cc(NC(=O)C3COCCN3)c(Cl)cc2N1. The summed E-state index contributed by atoms with van der Waals surface area (Å²) in [6.07, 6.45) is 0. The minimum absolute atomic E-state index is 0.0555. The lowest BCUT2D eigenvalue weighted by Gasteiger charge is -2.24. The molecule has 2 heterocycles. The van der Waals surface area contributed by atoms with Gasteiger partial charge in [-0.3, -0.25) is 9.59 Å². The maximum Gasteiger partial charge on any atom is 0.262 e. The zero-order chi connectivity index (χ0) is 14.8. The predicted octanol–water partition coefficient (Wildman–Crippen LogP) is 0.598. The van der Waals surface area contributed by atoms with Gasteiger partial charge in [0.25, 0.3) is 5.91 Å².